The molecule has 0 fully saturated rings. The molecule has 0 saturated carbocycles. The van der Waals surface area contributed by atoms with Crippen LogP contribution >= 0.6 is 11.6 Å². The van der Waals surface area contributed by atoms with Gasteiger partial charge in [-0.25, -0.2) is 0 Å². The number of benzene rings is 2. The molecule has 3 rings (SSSR count). The van der Waals surface area contributed by atoms with Gasteiger partial charge in [-0.2, -0.15) is 0 Å². The number of rotatable bonds is 4. The van der Waals surface area contributed by atoms with Crippen molar-refractivity contribution in [2.24, 2.45) is 0 Å². The number of hydrogen-bond donors (Lipinski definition) is 1. The van der Waals surface area contributed by atoms with E-state index in [9.17, 15) is 4.79 Å². The number of halogens is 1. The van der Waals surface area contributed by atoms with Gasteiger partial charge in [-0.3, -0.25) is 4.79 Å². The predicted octanol–water partition coefficient (Wildman–Crippen LogP) is 4.26. The summed E-state index contributed by atoms with van der Waals surface area (Å²) in [4.78, 5) is 15.6. The summed E-state index contributed by atoms with van der Waals surface area (Å²) in [5.74, 6) is 0.538. The van der Waals surface area contributed by atoms with Gasteiger partial charge in [0, 0.05) is 23.2 Å². The van der Waals surface area contributed by atoms with E-state index >= 15 is 0 Å². The van der Waals surface area contributed by atoms with Gasteiger partial charge >= 0.3 is 0 Å². The Morgan fingerprint density at radius 2 is 2.05 bits per heavy atom. The summed E-state index contributed by atoms with van der Waals surface area (Å²) >= 11 is 5.97. The van der Waals surface area contributed by atoms with E-state index in [0.29, 0.717) is 22.8 Å². The van der Waals surface area contributed by atoms with Gasteiger partial charge in [0.25, 0.3) is 0 Å². The van der Waals surface area contributed by atoms with Crippen LogP contribution < -0.4 is 4.74 Å². The molecule has 3 aromatic rings. The summed E-state index contributed by atoms with van der Waals surface area (Å²) < 4.78 is 5.23. The van der Waals surface area contributed by atoms with Crippen molar-refractivity contribution in [1.29, 1.82) is 0 Å². The quantitative estimate of drug-likeness (QED) is 0.732. The van der Waals surface area contributed by atoms with E-state index in [1.807, 2.05) is 30.5 Å². The molecule has 2 aromatic carbocycles. The van der Waals surface area contributed by atoms with Crippen molar-refractivity contribution in [1.82, 2.24) is 4.98 Å². The zero-order valence-electron chi connectivity index (χ0n) is 11.5. The van der Waals surface area contributed by atoms with Crippen LogP contribution in [0, 0.1) is 0 Å². The number of ether oxygens (including phenoxy) is 1. The van der Waals surface area contributed by atoms with Crippen molar-refractivity contribution in [2.45, 2.75) is 6.42 Å². The summed E-state index contributed by atoms with van der Waals surface area (Å²) in [5.41, 5.74) is 2.54. The zero-order chi connectivity index (χ0) is 14.8. The maximum absolute atomic E-state index is 12.5. The molecule has 1 heterocycles. The number of Topliss-reactive ketones (excluding diaryl/α,β-unsaturated/α-hetero) is 1. The van der Waals surface area contributed by atoms with Crippen molar-refractivity contribution < 1.29 is 9.53 Å². The van der Waals surface area contributed by atoms with E-state index in [1.165, 1.54) is 0 Å². The number of nitrogens with one attached hydrogen (secondary N) is 1. The van der Waals surface area contributed by atoms with Gasteiger partial charge in [0.15, 0.2) is 5.78 Å². The molecule has 0 bridgehead atoms. The van der Waals surface area contributed by atoms with Crippen LogP contribution in [0.2, 0.25) is 5.02 Å². The van der Waals surface area contributed by atoms with Crippen LogP contribution in [0.1, 0.15) is 15.9 Å². The summed E-state index contributed by atoms with van der Waals surface area (Å²) in [6.45, 7) is 0. The largest absolute Gasteiger partial charge is 0.496 e. The minimum absolute atomic E-state index is 0.00997. The number of hydrogen-bond acceptors (Lipinski definition) is 2. The fourth-order valence-corrected chi connectivity index (χ4v) is 2.56. The Balaban J connectivity index is 1.90. The highest BCUT2D eigenvalue weighted by atomic mass is 35.5. The van der Waals surface area contributed by atoms with E-state index in [1.54, 1.807) is 25.3 Å². The molecule has 1 N–H and O–H groups in total. The summed E-state index contributed by atoms with van der Waals surface area (Å²) in [7, 11) is 1.55. The first-order valence-corrected chi connectivity index (χ1v) is 6.98. The molecule has 0 spiro atoms. The molecule has 21 heavy (non-hydrogen) atoms. The van der Waals surface area contributed by atoms with E-state index in [4.69, 9.17) is 16.3 Å². The molecule has 3 nitrogen and oxygen atoms in total. The van der Waals surface area contributed by atoms with Crippen LogP contribution in [0.25, 0.3) is 10.9 Å². The van der Waals surface area contributed by atoms with Gasteiger partial charge in [0.1, 0.15) is 5.75 Å². The molecule has 0 amide bonds. The molecule has 4 heteroatoms. The second-order valence-electron chi connectivity index (χ2n) is 4.84. The number of carbonyl (C=O) groups is 1. The molecule has 0 saturated heterocycles. The second-order valence-corrected chi connectivity index (χ2v) is 5.28. The number of H-pyrrole nitrogens is 1. The number of methoxy groups -OCH3 is 1. The molecule has 0 atom stereocenters. The van der Waals surface area contributed by atoms with Crippen LogP contribution in [0.4, 0.5) is 0 Å². The van der Waals surface area contributed by atoms with E-state index in [2.05, 4.69) is 4.98 Å². The van der Waals surface area contributed by atoms with Crippen molar-refractivity contribution >= 4 is 28.3 Å². The van der Waals surface area contributed by atoms with Gasteiger partial charge in [-0.1, -0.05) is 17.7 Å². The first-order chi connectivity index (χ1) is 10.2. The molecule has 106 valence electrons. The van der Waals surface area contributed by atoms with Crippen LogP contribution in [0.15, 0.2) is 48.7 Å². The molecule has 0 unspecified atom stereocenters. The standard InChI is InChI=1S/C17H14ClNO2/c1-21-17-5-3-13(18)10-14(17)16(20)9-11-2-4-15-12(8-11)6-7-19-15/h2-8,10,19H,9H2,1H3. The zero-order valence-corrected chi connectivity index (χ0v) is 12.3. The molecular formula is C17H14ClNO2. The Morgan fingerprint density at radius 3 is 2.86 bits per heavy atom. The fraction of sp³-hybridized carbons (Fsp3) is 0.118. The van der Waals surface area contributed by atoms with E-state index < -0.39 is 0 Å². The van der Waals surface area contributed by atoms with Crippen molar-refractivity contribution in [2.75, 3.05) is 7.11 Å². The molecule has 1 aromatic heterocycles. The number of aromatic amines is 1. The maximum Gasteiger partial charge on any atom is 0.171 e. The second kappa shape index (κ2) is 5.62. The Kier molecular flexibility index (Phi) is 3.67. The number of aromatic nitrogens is 1. The summed E-state index contributed by atoms with van der Waals surface area (Å²) in [6.07, 6.45) is 2.20. The van der Waals surface area contributed by atoms with Gasteiger partial charge in [-0.05, 0) is 47.3 Å². The third-order valence-corrected chi connectivity index (χ3v) is 3.68. The van der Waals surface area contributed by atoms with Crippen LogP contribution in [-0.4, -0.2) is 17.9 Å². The molecule has 0 aliphatic rings. The highest BCUT2D eigenvalue weighted by molar-refractivity contribution is 6.31. The number of carbonyl (C=O) groups excluding carboxylic acids is 1. The lowest BCUT2D eigenvalue weighted by Crippen LogP contribution is -2.05. The topological polar surface area (TPSA) is 42.1 Å². The van der Waals surface area contributed by atoms with Gasteiger partial charge < -0.3 is 9.72 Å². The lowest BCUT2D eigenvalue weighted by Gasteiger charge is -2.08. The third-order valence-electron chi connectivity index (χ3n) is 3.44. The average molecular weight is 300 g/mol. The molecular weight excluding hydrogens is 286 g/mol. The van der Waals surface area contributed by atoms with Crippen molar-refractivity contribution in [3.63, 3.8) is 0 Å². The van der Waals surface area contributed by atoms with Crippen molar-refractivity contribution in [3.8, 4) is 5.75 Å². The highest BCUT2D eigenvalue weighted by Gasteiger charge is 2.14. The number of fused-ring (bicyclic) bond motifs is 1. The third kappa shape index (κ3) is 2.78. The Labute approximate surface area is 127 Å². The summed E-state index contributed by atoms with van der Waals surface area (Å²) in [5, 5.41) is 1.62. The van der Waals surface area contributed by atoms with Crippen LogP contribution in [0.5, 0.6) is 5.75 Å². The highest BCUT2D eigenvalue weighted by Crippen LogP contribution is 2.24. The smallest absolute Gasteiger partial charge is 0.171 e. The molecule has 0 aliphatic carbocycles. The maximum atomic E-state index is 12.5. The lowest BCUT2D eigenvalue weighted by atomic mass is 10.0. The van der Waals surface area contributed by atoms with Gasteiger partial charge in [0.2, 0.25) is 0 Å². The Morgan fingerprint density at radius 1 is 1.19 bits per heavy atom. The average Bonchev–Trinajstić information content (AvgIpc) is 2.94. The minimum Gasteiger partial charge on any atom is -0.496 e. The molecule has 0 radical (unpaired) electrons. The monoisotopic (exact) mass is 299 g/mol. The first kappa shape index (κ1) is 13.7. The normalized spacial score (nSPS) is 10.8. The minimum atomic E-state index is -0.00997. The van der Waals surface area contributed by atoms with E-state index in [-0.39, 0.29) is 5.78 Å². The van der Waals surface area contributed by atoms with Gasteiger partial charge in [0.05, 0.1) is 12.7 Å². The first-order valence-electron chi connectivity index (χ1n) is 6.60. The SMILES string of the molecule is COc1ccc(Cl)cc1C(=O)Cc1ccc2[nH]ccc2c1. The number of ketones is 1. The Hall–Kier alpha value is -2.26. The fourth-order valence-electron chi connectivity index (χ4n) is 2.39. The predicted molar refractivity (Wildman–Crippen MR) is 84.3 cm³/mol. The van der Waals surface area contributed by atoms with Gasteiger partial charge in [-0.15, -0.1) is 0 Å². The van der Waals surface area contributed by atoms with Crippen LogP contribution in [0.3, 0.4) is 0 Å². The lowest BCUT2D eigenvalue weighted by molar-refractivity contribution is 0.0990. The Bertz CT molecular complexity index is 807. The van der Waals surface area contributed by atoms with E-state index in [0.717, 1.165) is 16.5 Å². The molecule has 0 aliphatic heterocycles. The summed E-state index contributed by atoms with van der Waals surface area (Å²) in [6, 6.07) is 13.0. The van der Waals surface area contributed by atoms with Crippen LogP contribution in [-0.2, 0) is 6.42 Å². The van der Waals surface area contributed by atoms with Crippen molar-refractivity contribution in [3.05, 3.63) is 64.8 Å².